The molecule has 1 saturated heterocycles. The number of hydrogen-bond acceptors (Lipinski definition) is 5. The molecule has 2 unspecified atom stereocenters. The molecule has 2 atom stereocenters. The summed E-state index contributed by atoms with van der Waals surface area (Å²) in [5.41, 5.74) is 5.77. The fraction of sp³-hybridized carbons (Fsp3) is 0.533. The number of sulfonamides is 1. The summed E-state index contributed by atoms with van der Waals surface area (Å²) in [4.78, 5) is 11.3. The van der Waals surface area contributed by atoms with Gasteiger partial charge in [-0.1, -0.05) is 6.42 Å². The van der Waals surface area contributed by atoms with Gasteiger partial charge in [0.15, 0.2) is 0 Å². The van der Waals surface area contributed by atoms with Gasteiger partial charge in [-0.05, 0) is 38.0 Å². The fourth-order valence-electron chi connectivity index (χ4n) is 2.84. The molecule has 6 nitrogen and oxygen atoms in total. The summed E-state index contributed by atoms with van der Waals surface area (Å²) in [5, 5.41) is 0. The molecule has 128 valence electrons. The maximum absolute atomic E-state index is 13.8. The molecular weight excluding hydrogens is 323 g/mol. The van der Waals surface area contributed by atoms with Crippen LogP contribution in [0.25, 0.3) is 0 Å². The average Bonchev–Trinajstić information content (AvgIpc) is 2.53. The smallest absolute Gasteiger partial charge is 0.337 e. The van der Waals surface area contributed by atoms with Crippen LogP contribution in [0, 0.1) is 5.82 Å². The first-order chi connectivity index (χ1) is 10.8. The van der Waals surface area contributed by atoms with Crippen molar-refractivity contribution in [3.8, 4) is 0 Å². The van der Waals surface area contributed by atoms with Crippen molar-refractivity contribution in [2.45, 2.75) is 43.2 Å². The molecule has 23 heavy (non-hydrogen) atoms. The van der Waals surface area contributed by atoms with Crippen LogP contribution in [-0.4, -0.2) is 44.4 Å². The SMILES string of the molecule is COC(=O)c1cc(F)cc(S(=O)(=O)N2CCCCC2C(C)N)c1. The highest BCUT2D eigenvalue weighted by Crippen LogP contribution is 2.27. The van der Waals surface area contributed by atoms with Crippen LogP contribution in [0.3, 0.4) is 0 Å². The summed E-state index contributed by atoms with van der Waals surface area (Å²) in [6, 6.07) is 2.33. The van der Waals surface area contributed by atoms with Crippen molar-refractivity contribution >= 4 is 16.0 Å². The molecule has 0 aliphatic carbocycles. The van der Waals surface area contributed by atoms with E-state index in [4.69, 9.17) is 5.73 Å². The van der Waals surface area contributed by atoms with Gasteiger partial charge in [0.2, 0.25) is 10.0 Å². The van der Waals surface area contributed by atoms with E-state index in [-0.39, 0.29) is 22.5 Å². The fourth-order valence-corrected chi connectivity index (χ4v) is 4.67. The highest BCUT2D eigenvalue weighted by molar-refractivity contribution is 7.89. The molecule has 2 N–H and O–H groups in total. The minimum atomic E-state index is -3.94. The van der Waals surface area contributed by atoms with E-state index in [1.165, 1.54) is 4.31 Å². The average molecular weight is 344 g/mol. The molecule has 0 amide bonds. The van der Waals surface area contributed by atoms with Crippen molar-refractivity contribution in [1.29, 1.82) is 0 Å². The molecule has 1 aromatic rings. The Bertz CT molecular complexity index is 691. The van der Waals surface area contributed by atoms with Crippen molar-refractivity contribution in [3.63, 3.8) is 0 Å². The summed E-state index contributed by atoms with van der Waals surface area (Å²) in [6.07, 6.45) is 2.28. The molecular formula is C15H21FN2O4S. The molecule has 1 aliphatic rings. The Balaban J connectivity index is 2.46. The molecule has 2 rings (SSSR count). The Labute approximate surface area is 135 Å². The lowest BCUT2D eigenvalue weighted by Crippen LogP contribution is -2.51. The van der Waals surface area contributed by atoms with Gasteiger partial charge >= 0.3 is 5.97 Å². The first-order valence-corrected chi connectivity index (χ1v) is 8.87. The van der Waals surface area contributed by atoms with Crippen molar-refractivity contribution in [3.05, 3.63) is 29.6 Å². The number of rotatable bonds is 4. The zero-order valence-electron chi connectivity index (χ0n) is 13.2. The molecule has 1 heterocycles. The quantitative estimate of drug-likeness (QED) is 0.836. The lowest BCUT2D eigenvalue weighted by atomic mass is 10.00. The Morgan fingerprint density at radius 3 is 2.70 bits per heavy atom. The molecule has 0 radical (unpaired) electrons. The van der Waals surface area contributed by atoms with Crippen LogP contribution >= 0.6 is 0 Å². The van der Waals surface area contributed by atoms with Crippen LogP contribution < -0.4 is 5.73 Å². The number of halogens is 1. The monoisotopic (exact) mass is 344 g/mol. The van der Waals surface area contributed by atoms with E-state index in [9.17, 15) is 17.6 Å². The van der Waals surface area contributed by atoms with Gasteiger partial charge in [-0.2, -0.15) is 4.31 Å². The molecule has 1 aromatic carbocycles. The summed E-state index contributed by atoms with van der Waals surface area (Å²) in [7, 11) is -2.79. The second kappa shape index (κ2) is 6.94. The molecule has 1 aliphatic heterocycles. The maximum Gasteiger partial charge on any atom is 0.337 e. The van der Waals surface area contributed by atoms with Gasteiger partial charge in [0.05, 0.1) is 17.6 Å². The normalized spacial score (nSPS) is 21.0. The number of esters is 1. The van der Waals surface area contributed by atoms with E-state index in [0.29, 0.717) is 13.0 Å². The van der Waals surface area contributed by atoms with E-state index < -0.39 is 21.8 Å². The van der Waals surface area contributed by atoms with Crippen molar-refractivity contribution < 1.29 is 22.3 Å². The molecule has 0 saturated carbocycles. The highest BCUT2D eigenvalue weighted by atomic mass is 32.2. The number of benzene rings is 1. The first-order valence-electron chi connectivity index (χ1n) is 7.43. The lowest BCUT2D eigenvalue weighted by Gasteiger charge is -2.36. The standard InChI is InChI=1S/C15H21FN2O4S/c1-10(17)14-5-3-4-6-18(14)23(20,21)13-8-11(15(19)22-2)7-12(16)9-13/h7-10,14H,3-6,17H2,1-2H3. The van der Waals surface area contributed by atoms with E-state index in [1.54, 1.807) is 6.92 Å². The molecule has 8 heteroatoms. The third-order valence-corrected chi connectivity index (χ3v) is 5.91. The first kappa shape index (κ1) is 17.8. The van der Waals surface area contributed by atoms with E-state index >= 15 is 0 Å². The van der Waals surface area contributed by atoms with E-state index in [0.717, 1.165) is 38.2 Å². The summed E-state index contributed by atoms with van der Waals surface area (Å²) in [5.74, 6) is -1.59. The second-order valence-corrected chi connectivity index (χ2v) is 7.60. The van der Waals surface area contributed by atoms with Gasteiger partial charge in [-0.25, -0.2) is 17.6 Å². The van der Waals surface area contributed by atoms with Gasteiger partial charge in [0, 0.05) is 18.6 Å². The molecule has 1 fully saturated rings. The van der Waals surface area contributed by atoms with Crippen LogP contribution in [0.1, 0.15) is 36.5 Å². The largest absolute Gasteiger partial charge is 0.465 e. The topological polar surface area (TPSA) is 89.7 Å². The Hall–Kier alpha value is -1.51. The number of nitrogens with two attached hydrogens (primary N) is 1. The van der Waals surface area contributed by atoms with Crippen molar-refractivity contribution in [2.24, 2.45) is 5.73 Å². The van der Waals surface area contributed by atoms with Crippen LogP contribution in [0.2, 0.25) is 0 Å². The molecule has 0 spiro atoms. The van der Waals surface area contributed by atoms with E-state index in [1.807, 2.05) is 0 Å². The highest BCUT2D eigenvalue weighted by Gasteiger charge is 2.35. The van der Waals surface area contributed by atoms with Crippen LogP contribution in [-0.2, 0) is 14.8 Å². The number of carbonyl (C=O) groups is 1. The zero-order chi connectivity index (χ0) is 17.2. The summed E-state index contributed by atoms with van der Waals surface area (Å²) in [6.45, 7) is 2.09. The van der Waals surface area contributed by atoms with Gasteiger partial charge in [0.1, 0.15) is 5.82 Å². The summed E-state index contributed by atoms with van der Waals surface area (Å²) < 4.78 is 45.3. The molecule has 0 aromatic heterocycles. The van der Waals surface area contributed by atoms with Crippen molar-refractivity contribution in [2.75, 3.05) is 13.7 Å². The third kappa shape index (κ3) is 3.70. The minimum absolute atomic E-state index is 0.138. The number of hydrogen-bond donors (Lipinski definition) is 1. The second-order valence-electron chi connectivity index (χ2n) is 5.71. The Morgan fingerprint density at radius 1 is 1.39 bits per heavy atom. The minimum Gasteiger partial charge on any atom is -0.465 e. The predicted molar refractivity (Wildman–Crippen MR) is 82.9 cm³/mol. The number of nitrogens with zero attached hydrogens (tertiary/aromatic N) is 1. The Kier molecular flexibility index (Phi) is 5.38. The predicted octanol–water partition coefficient (Wildman–Crippen LogP) is 1.50. The van der Waals surface area contributed by atoms with Gasteiger partial charge in [-0.15, -0.1) is 0 Å². The summed E-state index contributed by atoms with van der Waals surface area (Å²) >= 11 is 0. The van der Waals surface area contributed by atoms with E-state index in [2.05, 4.69) is 4.74 Å². The third-order valence-electron chi connectivity index (χ3n) is 4.00. The zero-order valence-corrected chi connectivity index (χ0v) is 14.0. The number of ether oxygens (including phenoxy) is 1. The van der Waals surface area contributed by atoms with Crippen LogP contribution in [0.4, 0.5) is 4.39 Å². The number of carbonyl (C=O) groups excluding carboxylic acids is 1. The Morgan fingerprint density at radius 2 is 2.09 bits per heavy atom. The van der Waals surface area contributed by atoms with Crippen LogP contribution in [0.15, 0.2) is 23.1 Å². The number of piperidine rings is 1. The molecule has 0 bridgehead atoms. The maximum atomic E-state index is 13.8. The number of methoxy groups -OCH3 is 1. The van der Waals surface area contributed by atoms with Crippen molar-refractivity contribution in [1.82, 2.24) is 4.31 Å². The lowest BCUT2D eigenvalue weighted by molar-refractivity contribution is 0.0600. The van der Waals surface area contributed by atoms with Crippen LogP contribution in [0.5, 0.6) is 0 Å². The van der Waals surface area contributed by atoms with Gasteiger partial charge in [0.25, 0.3) is 0 Å². The van der Waals surface area contributed by atoms with Gasteiger partial charge in [-0.3, -0.25) is 0 Å². The van der Waals surface area contributed by atoms with Gasteiger partial charge < -0.3 is 10.5 Å².